The van der Waals surface area contributed by atoms with Gasteiger partial charge in [0.1, 0.15) is 0 Å². The van der Waals surface area contributed by atoms with Gasteiger partial charge in [0.15, 0.2) is 0 Å². The number of benzene rings is 1. The SMILES string of the molecule is Cc1cccc2c1S(=O)(=O)C=C2CC(=O)O. The average molecular weight is 238 g/mol. The summed E-state index contributed by atoms with van der Waals surface area (Å²) in [5.41, 5.74) is 1.52. The number of carbonyl (C=O) groups is 1. The number of sulfone groups is 1. The molecule has 5 heteroatoms. The van der Waals surface area contributed by atoms with Gasteiger partial charge in [-0.25, -0.2) is 8.42 Å². The molecule has 1 aliphatic rings. The van der Waals surface area contributed by atoms with E-state index in [1.165, 1.54) is 0 Å². The fraction of sp³-hybridized carbons (Fsp3) is 0.182. The van der Waals surface area contributed by atoms with Gasteiger partial charge in [0.05, 0.1) is 11.3 Å². The first-order valence-electron chi connectivity index (χ1n) is 4.69. The van der Waals surface area contributed by atoms with Crippen molar-refractivity contribution in [2.24, 2.45) is 0 Å². The minimum Gasteiger partial charge on any atom is -0.481 e. The third-order valence-corrected chi connectivity index (χ3v) is 4.19. The van der Waals surface area contributed by atoms with Crippen LogP contribution in [0.5, 0.6) is 0 Å². The molecule has 4 nitrogen and oxygen atoms in total. The van der Waals surface area contributed by atoms with Crippen molar-refractivity contribution in [1.29, 1.82) is 0 Å². The van der Waals surface area contributed by atoms with Crippen LogP contribution in [0.25, 0.3) is 5.57 Å². The van der Waals surface area contributed by atoms with E-state index < -0.39 is 15.8 Å². The molecule has 0 saturated carbocycles. The molecule has 84 valence electrons. The summed E-state index contributed by atoms with van der Waals surface area (Å²) in [4.78, 5) is 10.9. The number of hydrogen-bond acceptors (Lipinski definition) is 3. The zero-order chi connectivity index (χ0) is 11.9. The molecular weight excluding hydrogens is 228 g/mol. The van der Waals surface area contributed by atoms with E-state index >= 15 is 0 Å². The second-order valence-corrected chi connectivity index (χ2v) is 5.44. The fourth-order valence-electron chi connectivity index (χ4n) is 1.89. The molecule has 1 aliphatic heterocycles. The molecule has 0 spiro atoms. The Hall–Kier alpha value is -1.62. The third-order valence-electron chi connectivity index (χ3n) is 2.48. The number of aliphatic carboxylic acids is 1. The minimum atomic E-state index is -3.46. The van der Waals surface area contributed by atoms with Crippen LogP contribution in [0, 0.1) is 6.92 Å². The summed E-state index contributed by atoms with van der Waals surface area (Å²) < 4.78 is 23.6. The van der Waals surface area contributed by atoms with Gasteiger partial charge in [0, 0.05) is 5.41 Å². The maximum absolute atomic E-state index is 11.8. The highest BCUT2D eigenvalue weighted by Crippen LogP contribution is 2.36. The van der Waals surface area contributed by atoms with Gasteiger partial charge in [-0.15, -0.1) is 0 Å². The highest BCUT2D eigenvalue weighted by molar-refractivity contribution is 7.95. The van der Waals surface area contributed by atoms with E-state index in [1.807, 2.05) is 0 Å². The molecule has 0 amide bonds. The summed E-state index contributed by atoms with van der Waals surface area (Å²) in [6.45, 7) is 1.70. The van der Waals surface area contributed by atoms with Crippen molar-refractivity contribution in [1.82, 2.24) is 0 Å². The molecule has 1 heterocycles. The lowest BCUT2D eigenvalue weighted by molar-refractivity contribution is -0.135. The van der Waals surface area contributed by atoms with Crippen molar-refractivity contribution >= 4 is 21.4 Å². The maximum atomic E-state index is 11.8. The van der Waals surface area contributed by atoms with E-state index in [9.17, 15) is 13.2 Å². The Kier molecular flexibility index (Phi) is 2.35. The van der Waals surface area contributed by atoms with E-state index in [2.05, 4.69) is 0 Å². The molecule has 2 rings (SSSR count). The molecule has 1 N–H and O–H groups in total. The second kappa shape index (κ2) is 3.45. The van der Waals surface area contributed by atoms with Crippen LogP contribution in [-0.2, 0) is 14.6 Å². The van der Waals surface area contributed by atoms with Crippen molar-refractivity contribution < 1.29 is 18.3 Å². The van der Waals surface area contributed by atoms with Crippen molar-refractivity contribution in [3.05, 3.63) is 34.7 Å². The van der Waals surface area contributed by atoms with Gasteiger partial charge < -0.3 is 5.11 Å². The molecule has 0 radical (unpaired) electrons. The van der Waals surface area contributed by atoms with E-state index in [-0.39, 0.29) is 11.3 Å². The van der Waals surface area contributed by atoms with Crippen LogP contribution in [0.1, 0.15) is 17.5 Å². The predicted molar refractivity (Wildman–Crippen MR) is 58.6 cm³/mol. The molecule has 0 fully saturated rings. The molecule has 0 bridgehead atoms. The van der Waals surface area contributed by atoms with E-state index in [4.69, 9.17) is 5.11 Å². The Morgan fingerprint density at radius 3 is 2.69 bits per heavy atom. The van der Waals surface area contributed by atoms with Crippen LogP contribution < -0.4 is 0 Å². The first-order chi connectivity index (χ1) is 7.42. The monoisotopic (exact) mass is 238 g/mol. The molecule has 0 atom stereocenters. The molecule has 0 saturated heterocycles. The number of rotatable bonds is 2. The lowest BCUT2D eigenvalue weighted by Crippen LogP contribution is -1.97. The van der Waals surface area contributed by atoms with Crippen molar-refractivity contribution in [3.8, 4) is 0 Å². The van der Waals surface area contributed by atoms with Gasteiger partial charge in [-0.1, -0.05) is 18.2 Å². The quantitative estimate of drug-likeness (QED) is 0.849. The molecule has 0 unspecified atom stereocenters. The summed E-state index contributed by atoms with van der Waals surface area (Å²) in [5, 5.41) is 9.76. The maximum Gasteiger partial charge on any atom is 0.307 e. The van der Waals surface area contributed by atoms with Gasteiger partial charge in [0.2, 0.25) is 9.84 Å². The molecule has 0 aromatic heterocycles. The Morgan fingerprint density at radius 1 is 1.38 bits per heavy atom. The molecule has 1 aromatic carbocycles. The van der Waals surface area contributed by atoms with Crippen LogP contribution in [0.4, 0.5) is 0 Å². The van der Waals surface area contributed by atoms with Crippen LogP contribution >= 0.6 is 0 Å². The smallest absolute Gasteiger partial charge is 0.307 e. The second-order valence-electron chi connectivity index (χ2n) is 3.71. The summed E-state index contributed by atoms with van der Waals surface area (Å²) >= 11 is 0. The summed E-state index contributed by atoms with van der Waals surface area (Å²) in [6, 6.07) is 5.07. The Morgan fingerprint density at radius 2 is 2.06 bits per heavy atom. The fourth-order valence-corrected chi connectivity index (χ4v) is 3.62. The minimum absolute atomic E-state index is 0.242. The highest BCUT2D eigenvalue weighted by atomic mass is 32.2. The lowest BCUT2D eigenvalue weighted by atomic mass is 10.0. The lowest BCUT2D eigenvalue weighted by Gasteiger charge is -2.04. The number of carboxylic acid groups (broad SMARTS) is 1. The summed E-state index contributed by atoms with van der Waals surface area (Å²) in [6.07, 6.45) is -0.268. The normalized spacial score (nSPS) is 16.7. The number of fused-ring (bicyclic) bond motifs is 1. The highest BCUT2D eigenvalue weighted by Gasteiger charge is 2.29. The largest absolute Gasteiger partial charge is 0.481 e. The van der Waals surface area contributed by atoms with Gasteiger partial charge >= 0.3 is 5.97 Å². The van der Waals surface area contributed by atoms with Crippen LogP contribution in [0.15, 0.2) is 28.5 Å². The summed E-state index contributed by atoms with van der Waals surface area (Å²) in [5.74, 6) is -1.03. The van der Waals surface area contributed by atoms with E-state index in [0.29, 0.717) is 16.7 Å². The Labute approximate surface area is 93.1 Å². The van der Waals surface area contributed by atoms with Crippen molar-refractivity contribution in [3.63, 3.8) is 0 Å². The first-order valence-corrected chi connectivity index (χ1v) is 6.24. The zero-order valence-electron chi connectivity index (χ0n) is 8.60. The van der Waals surface area contributed by atoms with E-state index in [1.54, 1.807) is 25.1 Å². The summed E-state index contributed by atoms with van der Waals surface area (Å²) in [7, 11) is -3.46. The molecule has 0 aliphatic carbocycles. The molecule has 16 heavy (non-hydrogen) atoms. The van der Waals surface area contributed by atoms with Gasteiger partial charge in [-0.3, -0.25) is 4.79 Å². The Balaban J connectivity index is 2.65. The van der Waals surface area contributed by atoms with Crippen LogP contribution in [-0.4, -0.2) is 19.5 Å². The van der Waals surface area contributed by atoms with Crippen LogP contribution in [0.3, 0.4) is 0 Å². The standard InChI is InChI=1S/C11H10O4S/c1-7-3-2-4-9-8(5-10(12)13)6-16(14,15)11(7)9/h2-4,6H,5H2,1H3,(H,12,13). The van der Waals surface area contributed by atoms with E-state index in [0.717, 1.165) is 5.41 Å². The Bertz CT molecular complexity index is 596. The van der Waals surface area contributed by atoms with Gasteiger partial charge in [-0.2, -0.15) is 0 Å². The number of carboxylic acids is 1. The third kappa shape index (κ3) is 1.63. The topological polar surface area (TPSA) is 71.4 Å². The van der Waals surface area contributed by atoms with Crippen LogP contribution in [0.2, 0.25) is 0 Å². The molecular formula is C11H10O4S. The predicted octanol–water partition coefficient (Wildman–Crippen LogP) is 1.60. The van der Waals surface area contributed by atoms with Gasteiger partial charge in [-0.05, 0) is 23.6 Å². The number of aryl methyl sites for hydroxylation is 1. The van der Waals surface area contributed by atoms with Crippen molar-refractivity contribution in [2.45, 2.75) is 18.2 Å². The number of hydrogen-bond donors (Lipinski definition) is 1. The average Bonchev–Trinajstić information content (AvgIpc) is 2.38. The van der Waals surface area contributed by atoms with Crippen molar-refractivity contribution in [2.75, 3.05) is 0 Å². The van der Waals surface area contributed by atoms with Gasteiger partial charge in [0.25, 0.3) is 0 Å². The first kappa shape index (κ1) is 10.9. The zero-order valence-corrected chi connectivity index (χ0v) is 9.41. The molecule has 1 aromatic rings.